The molecule has 0 radical (unpaired) electrons. The number of carbonyl (C=O) groups is 2. The van der Waals surface area contributed by atoms with Gasteiger partial charge in [0.05, 0.1) is 39.5 Å². The molecule has 0 aliphatic carbocycles. The first-order chi connectivity index (χ1) is 14.5. The fourth-order valence-electron chi connectivity index (χ4n) is 2.63. The quantitative estimate of drug-likeness (QED) is 0.296. The van der Waals surface area contributed by atoms with Crippen molar-refractivity contribution in [3.63, 3.8) is 0 Å². The van der Waals surface area contributed by atoms with Crippen LogP contribution in [0.3, 0.4) is 0 Å². The number of benzene rings is 2. The zero-order valence-electron chi connectivity index (χ0n) is 17.0. The molecule has 0 aliphatic heterocycles. The minimum absolute atomic E-state index is 0.00317. The van der Waals surface area contributed by atoms with Gasteiger partial charge in [-0.05, 0) is 47.2 Å². The largest absolute Gasteiger partial charge is 0.493 e. The highest BCUT2D eigenvalue weighted by molar-refractivity contribution is 14.1. The second kappa shape index (κ2) is 12.0. The normalized spacial score (nSPS) is 11.6. The number of nitrogens with zero attached hydrogens (tertiary/aromatic N) is 1. The standard InChI is InChI=1S/C21H24IN3O5/c1-4-30-21(27)24-17(14-8-6-5-7-9-14)12-20(26)25-23-13-15-10-18(28-2)19(29-3)11-16(15)22/h5-11,13,17H,4,12H2,1-3H3,(H,24,27)(H,25,26)/b23-13-/t17-/m0/s1. The molecule has 8 nitrogen and oxygen atoms in total. The summed E-state index contributed by atoms with van der Waals surface area (Å²) in [6, 6.07) is 12.2. The van der Waals surface area contributed by atoms with Crippen LogP contribution in [0.4, 0.5) is 4.79 Å². The maximum absolute atomic E-state index is 12.4. The van der Waals surface area contributed by atoms with Crippen LogP contribution in [-0.4, -0.2) is 39.0 Å². The summed E-state index contributed by atoms with van der Waals surface area (Å²) in [5.74, 6) is 0.819. The van der Waals surface area contributed by atoms with Gasteiger partial charge in [0.1, 0.15) is 0 Å². The van der Waals surface area contributed by atoms with Crippen LogP contribution in [0.15, 0.2) is 47.6 Å². The van der Waals surface area contributed by atoms with Crippen LogP contribution in [0.2, 0.25) is 0 Å². The van der Waals surface area contributed by atoms with Gasteiger partial charge in [-0.2, -0.15) is 5.10 Å². The van der Waals surface area contributed by atoms with E-state index in [4.69, 9.17) is 14.2 Å². The van der Waals surface area contributed by atoms with Gasteiger partial charge >= 0.3 is 6.09 Å². The number of carbonyl (C=O) groups excluding carboxylic acids is 2. The molecule has 9 heteroatoms. The lowest BCUT2D eigenvalue weighted by Gasteiger charge is -2.18. The predicted molar refractivity (Wildman–Crippen MR) is 122 cm³/mol. The summed E-state index contributed by atoms with van der Waals surface area (Å²) in [4.78, 5) is 24.2. The molecule has 2 rings (SSSR count). The van der Waals surface area contributed by atoms with E-state index >= 15 is 0 Å². The van der Waals surface area contributed by atoms with Gasteiger partial charge in [0, 0.05) is 9.13 Å². The Balaban J connectivity index is 2.06. The third-order valence-corrected chi connectivity index (χ3v) is 4.99. The molecule has 30 heavy (non-hydrogen) atoms. The van der Waals surface area contributed by atoms with E-state index in [9.17, 15) is 9.59 Å². The van der Waals surface area contributed by atoms with E-state index in [1.54, 1.807) is 27.2 Å². The SMILES string of the molecule is CCOC(=O)N[C@@H](CC(=O)N/N=C\c1cc(OC)c(OC)cc1I)c1ccccc1. The molecule has 0 fully saturated rings. The smallest absolute Gasteiger partial charge is 0.407 e. The number of methoxy groups -OCH3 is 2. The Morgan fingerprint density at radius 1 is 1.13 bits per heavy atom. The number of rotatable bonds is 9. The number of ether oxygens (including phenoxy) is 3. The fourth-order valence-corrected chi connectivity index (χ4v) is 3.20. The first-order valence-electron chi connectivity index (χ1n) is 9.20. The Bertz CT molecular complexity index is 890. The summed E-state index contributed by atoms with van der Waals surface area (Å²) in [7, 11) is 3.11. The molecule has 160 valence electrons. The maximum Gasteiger partial charge on any atom is 0.407 e. The van der Waals surface area contributed by atoms with Crippen molar-refractivity contribution in [3.8, 4) is 11.5 Å². The van der Waals surface area contributed by atoms with Gasteiger partial charge in [-0.3, -0.25) is 4.79 Å². The van der Waals surface area contributed by atoms with Crippen LogP contribution < -0.4 is 20.2 Å². The Morgan fingerprint density at radius 2 is 1.80 bits per heavy atom. The fraction of sp³-hybridized carbons (Fsp3) is 0.286. The van der Waals surface area contributed by atoms with E-state index in [0.717, 1.165) is 14.7 Å². The van der Waals surface area contributed by atoms with E-state index in [1.165, 1.54) is 6.21 Å². The van der Waals surface area contributed by atoms with E-state index in [2.05, 4.69) is 38.4 Å². The molecule has 0 saturated carbocycles. The molecule has 1 atom stereocenters. The number of hydrogen-bond donors (Lipinski definition) is 2. The Hall–Kier alpha value is -2.82. The monoisotopic (exact) mass is 525 g/mol. The highest BCUT2D eigenvalue weighted by atomic mass is 127. The van der Waals surface area contributed by atoms with Crippen LogP contribution in [0.5, 0.6) is 11.5 Å². The number of nitrogens with one attached hydrogen (secondary N) is 2. The van der Waals surface area contributed by atoms with Gasteiger partial charge in [-0.1, -0.05) is 30.3 Å². The van der Waals surface area contributed by atoms with Gasteiger partial charge in [-0.25, -0.2) is 10.2 Å². The summed E-state index contributed by atoms with van der Waals surface area (Å²) in [5, 5.41) is 6.73. The zero-order valence-corrected chi connectivity index (χ0v) is 19.1. The number of hydrazone groups is 1. The highest BCUT2D eigenvalue weighted by Gasteiger charge is 2.19. The van der Waals surface area contributed by atoms with Crippen molar-refractivity contribution in [1.82, 2.24) is 10.7 Å². The van der Waals surface area contributed by atoms with Gasteiger partial charge in [0.2, 0.25) is 5.91 Å². The Kier molecular flexibility index (Phi) is 9.39. The molecule has 0 spiro atoms. The van der Waals surface area contributed by atoms with Crippen LogP contribution in [0.25, 0.3) is 0 Å². The van der Waals surface area contributed by atoms with E-state index in [1.807, 2.05) is 36.4 Å². The summed E-state index contributed by atoms with van der Waals surface area (Å²) < 4.78 is 16.4. The van der Waals surface area contributed by atoms with Gasteiger partial charge in [0.15, 0.2) is 11.5 Å². The average molecular weight is 525 g/mol. The van der Waals surface area contributed by atoms with Crippen molar-refractivity contribution in [3.05, 3.63) is 57.2 Å². The summed E-state index contributed by atoms with van der Waals surface area (Å²) in [5.41, 5.74) is 4.05. The molecule has 0 unspecified atom stereocenters. The summed E-state index contributed by atoms with van der Waals surface area (Å²) >= 11 is 2.15. The zero-order chi connectivity index (χ0) is 21.9. The van der Waals surface area contributed by atoms with Crippen molar-refractivity contribution in [2.75, 3.05) is 20.8 Å². The molecular formula is C21H24IN3O5. The number of hydrogen-bond acceptors (Lipinski definition) is 6. The van der Waals surface area contributed by atoms with Gasteiger partial charge in [0.25, 0.3) is 0 Å². The Labute approximate surface area is 189 Å². The second-order valence-electron chi connectivity index (χ2n) is 6.05. The van der Waals surface area contributed by atoms with E-state index in [0.29, 0.717) is 11.5 Å². The van der Waals surface area contributed by atoms with Crippen LogP contribution in [0.1, 0.15) is 30.5 Å². The molecule has 0 heterocycles. The first kappa shape index (κ1) is 23.5. The molecule has 0 saturated heterocycles. The Morgan fingerprint density at radius 3 is 2.43 bits per heavy atom. The molecular weight excluding hydrogens is 501 g/mol. The minimum Gasteiger partial charge on any atom is -0.493 e. The number of amides is 2. The maximum atomic E-state index is 12.4. The lowest BCUT2D eigenvalue weighted by molar-refractivity contribution is -0.121. The highest BCUT2D eigenvalue weighted by Crippen LogP contribution is 2.30. The molecule has 2 aromatic rings. The van der Waals surface area contributed by atoms with Gasteiger partial charge < -0.3 is 19.5 Å². The minimum atomic E-state index is -0.581. The third kappa shape index (κ3) is 6.90. The van der Waals surface area contributed by atoms with Crippen LogP contribution >= 0.6 is 22.6 Å². The number of alkyl carbamates (subject to hydrolysis) is 1. The van der Waals surface area contributed by atoms with Crippen molar-refractivity contribution < 1.29 is 23.8 Å². The second-order valence-corrected chi connectivity index (χ2v) is 7.22. The third-order valence-electron chi connectivity index (χ3n) is 4.05. The molecule has 0 bridgehead atoms. The van der Waals surface area contributed by atoms with Crippen LogP contribution in [-0.2, 0) is 9.53 Å². The summed E-state index contributed by atoms with van der Waals surface area (Å²) in [6.45, 7) is 1.96. The molecule has 2 amide bonds. The predicted octanol–water partition coefficient (Wildman–Crippen LogP) is 3.64. The van der Waals surface area contributed by atoms with E-state index in [-0.39, 0.29) is 18.9 Å². The van der Waals surface area contributed by atoms with Crippen molar-refractivity contribution >= 4 is 40.8 Å². The van der Waals surface area contributed by atoms with E-state index < -0.39 is 12.1 Å². The topological polar surface area (TPSA) is 98.2 Å². The lowest BCUT2D eigenvalue weighted by Crippen LogP contribution is -2.33. The van der Waals surface area contributed by atoms with Crippen molar-refractivity contribution in [1.29, 1.82) is 0 Å². The molecule has 0 aromatic heterocycles. The molecule has 0 aliphatic rings. The molecule has 2 aromatic carbocycles. The van der Waals surface area contributed by atoms with Crippen molar-refractivity contribution in [2.24, 2.45) is 5.10 Å². The number of halogens is 1. The van der Waals surface area contributed by atoms with Crippen molar-refractivity contribution in [2.45, 2.75) is 19.4 Å². The first-order valence-corrected chi connectivity index (χ1v) is 10.3. The lowest BCUT2D eigenvalue weighted by atomic mass is 10.0. The average Bonchev–Trinajstić information content (AvgIpc) is 2.74. The molecule has 2 N–H and O–H groups in total. The summed E-state index contributed by atoms with van der Waals surface area (Å²) in [6.07, 6.45) is 0.948. The van der Waals surface area contributed by atoms with Gasteiger partial charge in [-0.15, -0.1) is 0 Å². The van der Waals surface area contributed by atoms with Crippen LogP contribution in [0, 0.1) is 3.57 Å².